The van der Waals surface area contributed by atoms with E-state index >= 15 is 0 Å². The summed E-state index contributed by atoms with van der Waals surface area (Å²) < 4.78 is 32.6. The fraction of sp³-hybridized carbons (Fsp3) is 0.588. The summed E-state index contributed by atoms with van der Waals surface area (Å²) in [5.41, 5.74) is 0.634. The number of rotatable bonds is 4. The number of sulfonamides is 1. The Morgan fingerprint density at radius 3 is 2.21 bits per heavy atom. The zero-order chi connectivity index (χ0) is 17.3. The minimum atomic E-state index is -3.54. The van der Waals surface area contributed by atoms with Crippen molar-refractivity contribution in [2.24, 2.45) is 5.92 Å². The molecule has 1 heterocycles. The van der Waals surface area contributed by atoms with Gasteiger partial charge >= 0.3 is 0 Å². The second-order valence-corrected chi connectivity index (χ2v) is 8.66. The molecule has 2 aliphatic rings. The Morgan fingerprint density at radius 2 is 1.71 bits per heavy atom. The zero-order valence-corrected chi connectivity index (χ0v) is 14.9. The minimum Gasteiger partial charge on any atom is -0.373 e. The Balaban J connectivity index is 1.70. The summed E-state index contributed by atoms with van der Waals surface area (Å²) in [6.07, 6.45) is 2.73. The van der Waals surface area contributed by atoms with E-state index in [1.54, 1.807) is 24.3 Å². The molecule has 0 spiro atoms. The average molecular weight is 352 g/mol. The summed E-state index contributed by atoms with van der Waals surface area (Å²) >= 11 is 0. The molecular formula is C17H24N2O4S. The standard InChI is InChI=1S/C17H24N2O4S/c1-12-10-19(11-13(2)23-12)24(21,22)16-8-6-15(7-9-16)18-17(20)14-4-3-5-14/h6-9,12-14H,3-5,10-11H2,1-2H3,(H,18,20). The van der Waals surface area contributed by atoms with Crippen molar-refractivity contribution in [1.29, 1.82) is 0 Å². The van der Waals surface area contributed by atoms with E-state index in [1.807, 2.05) is 13.8 Å². The Bertz CT molecular complexity index is 688. The molecule has 24 heavy (non-hydrogen) atoms. The first-order valence-electron chi connectivity index (χ1n) is 8.43. The van der Waals surface area contributed by atoms with Gasteiger partial charge in [0, 0.05) is 24.7 Å². The van der Waals surface area contributed by atoms with Crippen LogP contribution in [-0.2, 0) is 19.6 Å². The molecule has 1 aliphatic heterocycles. The molecular weight excluding hydrogens is 328 g/mol. The normalized spacial score (nSPS) is 25.9. The summed E-state index contributed by atoms with van der Waals surface area (Å²) in [5, 5.41) is 2.85. The lowest BCUT2D eigenvalue weighted by Gasteiger charge is -2.34. The van der Waals surface area contributed by atoms with E-state index in [-0.39, 0.29) is 28.9 Å². The van der Waals surface area contributed by atoms with Gasteiger partial charge in [-0.05, 0) is 51.0 Å². The van der Waals surface area contributed by atoms with Crippen LogP contribution in [-0.4, -0.2) is 43.9 Å². The quantitative estimate of drug-likeness (QED) is 0.901. The molecule has 1 aromatic carbocycles. The number of nitrogens with one attached hydrogen (secondary N) is 1. The highest BCUT2D eigenvalue weighted by atomic mass is 32.2. The van der Waals surface area contributed by atoms with Gasteiger partial charge in [-0.1, -0.05) is 6.42 Å². The average Bonchev–Trinajstić information content (AvgIpc) is 2.44. The van der Waals surface area contributed by atoms with Gasteiger partial charge in [-0.15, -0.1) is 0 Å². The molecule has 0 aromatic heterocycles. The lowest BCUT2D eigenvalue weighted by atomic mass is 9.85. The van der Waals surface area contributed by atoms with Gasteiger partial charge in [0.2, 0.25) is 15.9 Å². The highest BCUT2D eigenvalue weighted by molar-refractivity contribution is 7.89. The summed E-state index contributed by atoms with van der Waals surface area (Å²) in [6, 6.07) is 6.40. The van der Waals surface area contributed by atoms with E-state index in [2.05, 4.69) is 5.32 Å². The molecule has 1 saturated heterocycles. The van der Waals surface area contributed by atoms with Crippen molar-refractivity contribution >= 4 is 21.6 Å². The predicted octanol–water partition coefficient (Wildman–Crippen LogP) is 2.22. The SMILES string of the molecule is CC1CN(S(=O)(=O)c2ccc(NC(=O)C3CCC3)cc2)CC(C)O1. The maximum absolute atomic E-state index is 12.8. The van der Waals surface area contributed by atoms with Gasteiger partial charge < -0.3 is 10.1 Å². The van der Waals surface area contributed by atoms with E-state index in [1.165, 1.54) is 4.31 Å². The number of hydrogen-bond donors (Lipinski definition) is 1. The minimum absolute atomic E-state index is 0.0210. The van der Waals surface area contributed by atoms with Crippen LogP contribution in [0.15, 0.2) is 29.2 Å². The number of ether oxygens (including phenoxy) is 1. The molecule has 1 N–H and O–H groups in total. The molecule has 1 saturated carbocycles. The van der Waals surface area contributed by atoms with Crippen molar-refractivity contribution in [2.45, 2.75) is 50.2 Å². The Hall–Kier alpha value is -1.44. The summed E-state index contributed by atoms with van der Waals surface area (Å²) in [4.78, 5) is 12.2. The van der Waals surface area contributed by atoms with Crippen LogP contribution in [0.25, 0.3) is 0 Å². The molecule has 2 atom stereocenters. The first-order chi connectivity index (χ1) is 11.4. The van der Waals surface area contributed by atoms with Gasteiger partial charge in [0.25, 0.3) is 0 Å². The molecule has 1 amide bonds. The topological polar surface area (TPSA) is 75.7 Å². The number of carbonyl (C=O) groups is 1. The van der Waals surface area contributed by atoms with Gasteiger partial charge in [-0.25, -0.2) is 8.42 Å². The fourth-order valence-electron chi connectivity index (χ4n) is 3.10. The first kappa shape index (κ1) is 17.4. The van der Waals surface area contributed by atoms with Gasteiger partial charge in [0.15, 0.2) is 0 Å². The van der Waals surface area contributed by atoms with Crippen molar-refractivity contribution < 1.29 is 17.9 Å². The van der Waals surface area contributed by atoms with Crippen LogP contribution in [0.3, 0.4) is 0 Å². The fourth-order valence-corrected chi connectivity index (χ4v) is 4.69. The molecule has 7 heteroatoms. The van der Waals surface area contributed by atoms with Crippen LogP contribution < -0.4 is 5.32 Å². The molecule has 1 aliphatic carbocycles. The van der Waals surface area contributed by atoms with Crippen molar-refractivity contribution in [1.82, 2.24) is 4.31 Å². The summed E-state index contributed by atoms with van der Waals surface area (Å²) in [6.45, 7) is 4.45. The van der Waals surface area contributed by atoms with E-state index in [9.17, 15) is 13.2 Å². The number of benzene rings is 1. The third kappa shape index (κ3) is 3.63. The van der Waals surface area contributed by atoms with Crippen molar-refractivity contribution in [2.75, 3.05) is 18.4 Å². The van der Waals surface area contributed by atoms with E-state index < -0.39 is 10.0 Å². The second-order valence-electron chi connectivity index (χ2n) is 6.72. The number of morpholine rings is 1. The smallest absolute Gasteiger partial charge is 0.243 e. The van der Waals surface area contributed by atoms with Crippen molar-refractivity contribution in [3.05, 3.63) is 24.3 Å². The lowest BCUT2D eigenvalue weighted by Crippen LogP contribution is -2.48. The molecule has 6 nitrogen and oxygen atoms in total. The molecule has 0 radical (unpaired) electrons. The molecule has 1 aromatic rings. The second kappa shape index (κ2) is 6.82. The molecule has 3 rings (SSSR count). The summed E-state index contributed by atoms with van der Waals surface area (Å²) in [5.74, 6) is 0.123. The first-order valence-corrected chi connectivity index (χ1v) is 9.87. The molecule has 2 unspecified atom stereocenters. The van der Waals surface area contributed by atoms with Gasteiger partial charge in [0.1, 0.15) is 0 Å². The Kier molecular flexibility index (Phi) is 4.94. The van der Waals surface area contributed by atoms with Crippen LogP contribution in [0.5, 0.6) is 0 Å². The lowest BCUT2D eigenvalue weighted by molar-refractivity contribution is -0.122. The van der Waals surface area contributed by atoms with E-state index in [4.69, 9.17) is 4.74 Å². The summed E-state index contributed by atoms with van der Waals surface area (Å²) in [7, 11) is -3.54. The van der Waals surface area contributed by atoms with Crippen LogP contribution in [0, 0.1) is 5.92 Å². The van der Waals surface area contributed by atoms with Crippen molar-refractivity contribution in [3.8, 4) is 0 Å². The highest BCUT2D eigenvalue weighted by Crippen LogP contribution is 2.28. The number of amides is 1. The van der Waals surface area contributed by atoms with Gasteiger partial charge in [-0.2, -0.15) is 4.31 Å². The van der Waals surface area contributed by atoms with Crippen LogP contribution in [0.4, 0.5) is 5.69 Å². The maximum Gasteiger partial charge on any atom is 0.243 e. The predicted molar refractivity (Wildman–Crippen MR) is 91.2 cm³/mol. The third-order valence-electron chi connectivity index (χ3n) is 4.62. The van der Waals surface area contributed by atoms with Crippen LogP contribution >= 0.6 is 0 Å². The van der Waals surface area contributed by atoms with Crippen molar-refractivity contribution in [3.63, 3.8) is 0 Å². The Morgan fingerprint density at radius 1 is 1.12 bits per heavy atom. The van der Waals surface area contributed by atoms with Crippen LogP contribution in [0.1, 0.15) is 33.1 Å². The van der Waals surface area contributed by atoms with Crippen LogP contribution in [0.2, 0.25) is 0 Å². The van der Waals surface area contributed by atoms with Gasteiger partial charge in [-0.3, -0.25) is 4.79 Å². The highest BCUT2D eigenvalue weighted by Gasteiger charge is 2.32. The Labute approximate surface area is 143 Å². The number of hydrogen-bond acceptors (Lipinski definition) is 4. The molecule has 2 fully saturated rings. The van der Waals surface area contributed by atoms with E-state index in [0.717, 1.165) is 19.3 Å². The maximum atomic E-state index is 12.8. The number of anilines is 1. The molecule has 132 valence electrons. The van der Waals surface area contributed by atoms with E-state index in [0.29, 0.717) is 18.8 Å². The third-order valence-corrected chi connectivity index (χ3v) is 6.47. The number of carbonyl (C=O) groups excluding carboxylic acids is 1. The number of nitrogens with zero attached hydrogens (tertiary/aromatic N) is 1. The molecule has 0 bridgehead atoms. The monoisotopic (exact) mass is 352 g/mol. The van der Waals surface area contributed by atoms with Gasteiger partial charge in [0.05, 0.1) is 17.1 Å². The largest absolute Gasteiger partial charge is 0.373 e. The zero-order valence-electron chi connectivity index (χ0n) is 14.1.